The number of hydrogen-bond donors (Lipinski definition) is 3. The quantitative estimate of drug-likeness (QED) is 0.428. The third-order valence-corrected chi connectivity index (χ3v) is 8.24. The summed E-state index contributed by atoms with van der Waals surface area (Å²) in [5.41, 5.74) is 0.514. The molecule has 0 amide bonds. The molecule has 0 bridgehead atoms. The zero-order chi connectivity index (χ0) is 32.0. The Bertz CT molecular complexity index is 1500. The van der Waals surface area contributed by atoms with E-state index in [0.29, 0.717) is 0 Å². The number of phenolic OH excluding ortho intramolecular Hbond substituents is 1. The minimum absolute atomic E-state index is 0.0320. The molecule has 1 aliphatic carbocycles. The van der Waals surface area contributed by atoms with E-state index >= 15 is 0 Å². The first-order valence-electron chi connectivity index (χ1n) is 15.0. The molecule has 2 aromatic carbocycles. The van der Waals surface area contributed by atoms with Crippen molar-refractivity contribution in [2.75, 3.05) is 34.2 Å². The summed E-state index contributed by atoms with van der Waals surface area (Å²) < 4.78 is 78.2. The molecule has 3 fully saturated rings. The molecule has 42 heavy (non-hydrogen) atoms. The Kier molecular flexibility index (Phi) is 6.00. The van der Waals surface area contributed by atoms with Crippen LogP contribution in [0, 0.1) is 11.8 Å². The van der Waals surface area contributed by atoms with E-state index in [4.69, 9.17) is 45.4 Å². The van der Waals surface area contributed by atoms with Crippen molar-refractivity contribution < 1.29 is 66.9 Å². The molecule has 0 aromatic heterocycles. The lowest BCUT2D eigenvalue weighted by Crippen LogP contribution is -2.63. The van der Waals surface area contributed by atoms with Crippen LogP contribution in [-0.4, -0.2) is 92.5 Å². The Labute approximate surface area is 244 Å². The number of phenols is 1. The highest BCUT2D eigenvalue weighted by atomic mass is 16.8. The molecule has 0 radical (unpaired) electrons. The average molecular weight is 592 g/mol. The second-order valence-electron chi connectivity index (χ2n) is 10.6. The Morgan fingerprint density at radius 3 is 2.36 bits per heavy atom. The van der Waals surface area contributed by atoms with Gasteiger partial charge >= 0.3 is 5.97 Å². The van der Waals surface area contributed by atoms with Crippen molar-refractivity contribution in [2.45, 2.75) is 55.9 Å². The number of carbonyl (C=O) groups excluding carboxylic acids is 1. The van der Waals surface area contributed by atoms with Crippen LogP contribution in [0.5, 0.6) is 28.7 Å². The smallest absolute Gasteiger partial charge is 0.310 e. The summed E-state index contributed by atoms with van der Waals surface area (Å²) in [4.78, 5) is 13.6. The third-order valence-electron chi connectivity index (χ3n) is 8.24. The first-order valence-corrected chi connectivity index (χ1v) is 13.5. The standard InChI is InChI=1S/C29H32O13/c1-11-36-9-20-27(40-11)24(31)25(32)29(41-20)42-26-14-7-17-16(38-10-39-17)6-13(14)21(22-15(26)8-37-28(22)33)12-4-18(34-2)23(30)19(5-12)35-3/h4-7,11,15,20-22,24-27,29-32H,8-10H2,1-3H3/t11-,15+,20-,21-,22+,24-,25-,26-,27-,29+/m1/s1/i8D2,21D. The topological polar surface area (TPSA) is 161 Å². The van der Waals surface area contributed by atoms with Crippen LogP contribution in [0.2, 0.25) is 0 Å². The maximum Gasteiger partial charge on any atom is 0.310 e. The van der Waals surface area contributed by atoms with Crippen LogP contribution in [0.15, 0.2) is 24.3 Å². The number of aliphatic hydroxyl groups is 2. The predicted octanol–water partition coefficient (Wildman–Crippen LogP) is 1.34. The summed E-state index contributed by atoms with van der Waals surface area (Å²) in [7, 11) is 2.63. The summed E-state index contributed by atoms with van der Waals surface area (Å²) in [5, 5.41) is 32.7. The van der Waals surface area contributed by atoms with E-state index in [2.05, 4.69) is 0 Å². The minimum atomic E-state index is -2.66. The van der Waals surface area contributed by atoms with Crippen molar-refractivity contribution in [3.8, 4) is 28.7 Å². The van der Waals surface area contributed by atoms with Gasteiger partial charge in [-0.1, -0.05) is 0 Å². The predicted molar refractivity (Wildman–Crippen MR) is 138 cm³/mol. The largest absolute Gasteiger partial charge is 0.502 e. The molecule has 13 nitrogen and oxygen atoms in total. The normalized spacial score (nSPS) is 40.5. The monoisotopic (exact) mass is 591 g/mol. The molecule has 4 heterocycles. The van der Waals surface area contributed by atoms with E-state index in [1.165, 1.54) is 38.5 Å². The summed E-state index contributed by atoms with van der Waals surface area (Å²) in [6.45, 7) is -1.11. The van der Waals surface area contributed by atoms with Crippen LogP contribution in [0.1, 0.15) is 39.7 Å². The Balaban J connectivity index is 1.40. The molecule has 226 valence electrons. The number of esters is 1. The van der Waals surface area contributed by atoms with Crippen molar-refractivity contribution >= 4 is 5.97 Å². The van der Waals surface area contributed by atoms with Crippen molar-refractivity contribution in [1.82, 2.24) is 0 Å². The maximum atomic E-state index is 13.6. The molecule has 4 aliphatic heterocycles. The highest BCUT2D eigenvalue weighted by Gasteiger charge is 2.56. The van der Waals surface area contributed by atoms with Gasteiger partial charge in [0.1, 0.15) is 24.4 Å². The van der Waals surface area contributed by atoms with Gasteiger partial charge in [-0.2, -0.15) is 0 Å². The molecule has 0 unspecified atom stereocenters. The molecule has 0 spiro atoms. The van der Waals surface area contributed by atoms with Gasteiger partial charge in [0.2, 0.25) is 12.5 Å². The van der Waals surface area contributed by atoms with Gasteiger partial charge in [0.05, 0.1) is 42.1 Å². The van der Waals surface area contributed by atoms with Gasteiger partial charge in [-0.3, -0.25) is 4.79 Å². The van der Waals surface area contributed by atoms with E-state index in [-0.39, 0.29) is 58.8 Å². The van der Waals surface area contributed by atoms with Gasteiger partial charge in [0.15, 0.2) is 35.6 Å². The Morgan fingerprint density at radius 2 is 1.67 bits per heavy atom. The van der Waals surface area contributed by atoms with Gasteiger partial charge in [-0.15, -0.1) is 0 Å². The number of fused-ring (bicyclic) bond motifs is 4. The third kappa shape index (κ3) is 4.26. The fourth-order valence-electron chi connectivity index (χ4n) is 6.22. The molecule has 0 saturated carbocycles. The molecule has 3 N–H and O–H groups in total. The number of ether oxygens (including phenoxy) is 9. The van der Waals surface area contributed by atoms with Gasteiger partial charge in [0, 0.05) is 13.2 Å². The lowest BCUT2D eigenvalue weighted by Gasteiger charge is -2.47. The highest BCUT2D eigenvalue weighted by molar-refractivity contribution is 5.79. The maximum absolute atomic E-state index is 13.6. The molecule has 2 aromatic rings. The Hall–Kier alpha value is -3.33. The molecule has 10 atom stereocenters. The number of carbonyl (C=O) groups is 1. The zero-order valence-electron chi connectivity index (χ0n) is 25.8. The lowest BCUT2D eigenvalue weighted by atomic mass is 9.66. The molecule has 7 rings (SSSR count). The number of methoxy groups -OCH3 is 2. The number of aromatic hydroxyl groups is 1. The van der Waals surface area contributed by atoms with E-state index in [9.17, 15) is 21.5 Å². The van der Waals surface area contributed by atoms with Gasteiger partial charge in [-0.05, 0) is 47.9 Å². The zero-order valence-corrected chi connectivity index (χ0v) is 22.8. The van der Waals surface area contributed by atoms with Crippen LogP contribution in [0.25, 0.3) is 0 Å². The number of hydrogen-bond acceptors (Lipinski definition) is 13. The number of cyclic esters (lactones) is 1. The molecule has 3 saturated heterocycles. The van der Waals surface area contributed by atoms with E-state index < -0.39 is 73.4 Å². The lowest BCUT2D eigenvalue weighted by molar-refractivity contribution is -0.364. The summed E-state index contributed by atoms with van der Waals surface area (Å²) in [6, 6.07) is 5.77. The van der Waals surface area contributed by atoms with Crippen LogP contribution >= 0.6 is 0 Å². The average Bonchev–Trinajstić information content (AvgIpc) is 3.57. The molecule has 5 aliphatic rings. The van der Waals surface area contributed by atoms with Crippen molar-refractivity contribution in [3.05, 3.63) is 41.0 Å². The highest BCUT2D eigenvalue weighted by Crippen LogP contribution is 2.57. The molecular formula is C29H32O13. The molecule has 13 heteroatoms. The van der Waals surface area contributed by atoms with Crippen LogP contribution in [-0.2, 0) is 28.5 Å². The van der Waals surface area contributed by atoms with Gasteiger partial charge in [-0.25, -0.2) is 0 Å². The van der Waals surface area contributed by atoms with Crippen LogP contribution in [0.3, 0.4) is 0 Å². The first-order chi connectivity index (χ1) is 21.4. The van der Waals surface area contributed by atoms with Gasteiger partial charge < -0.3 is 58.0 Å². The van der Waals surface area contributed by atoms with E-state index in [1.54, 1.807) is 6.92 Å². The summed E-state index contributed by atoms with van der Waals surface area (Å²) >= 11 is 0. The number of benzene rings is 2. The second kappa shape index (κ2) is 10.4. The van der Waals surface area contributed by atoms with Gasteiger partial charge in [0.25, 0.3) is 0 Å². The SMILES string of the molecule is [2H]C1([2H])OC(=O)[C@H]2[C@H]1[C@H](O[C@@H]1O[C@@H]3CO[C@@H](C)O[C@H]3[C@H](O)[C@H]1O)c1cc3c(cc1[C@@]2([2H])c1cc(OC)c(O)c(OC)c1)OCO3. The summed E-state index contributed by atoms with van der Waals surface area (Å²) in [5.74, 6) is -5.98. The van der Waals surface area contributed by atoms with Crippen LogP contribution in [0.4, 0.5) is 0 Å². The molecular weight excluding hydrogens is 556 g/mol. The fraction of sp³-hybridized carbons (Fsp3) is 0.552. The first kappa shape index (κ1) is 24.1. The van der Waals surface area contributed by atoms with Crippen molar-refractivity contribution in [1.29, 1.82) is 0 Å². The van der Waals surface area contributed by atoms with Crippen molar-refractivity contribution in [3.63, 3.8) is 0 Å². The minimum Gasteiger partial charge on any atom is -0.502 e. The fourth-order valence-corrected chi connectivity index (χ4v) is 6.22. The van der Waals surface area contributed by atoms with E-state index in [1.807, 2.05) is 0 Å². The van der Waals surface area contributed by atoms with Crippen molar-refractivity contribution in [2.24, 2.45) is 11.8 Å². The summed E-state index contributed by atoms with van der Waals surface area (Å²) in [6.07, 6.45) is -8.35. The van der Waals surface area contributed by atoms with E-state index in [0.717, 1.165) is 0 Å². The number of aliphatic hydroxyl groups excluding tert-OH is 2. The Morgan fingerprint density at radius 1 is 0.976 bits per heavy atom. The number of rotatable bonds is 5. The van der Waals surface area contributed by atoms with Crippen LogP contribution < -0.4 is 18.9 Å². The second-order valence-corrected chi connectivity index (χ2v) is 10.6.